The minimum absolute atomic E-state index is 0.734. The lowest BCUT2D eigenvalue weighted by molar-refractivity contribution is 0.324. The summed E-state index contributed by atoms with van der Waals surface area (Å²) in [6.45, 7) is 6.94. The number of rotatable bonds is 1. The van der Waals surface area contributed by atoms with Crippen molar-refractivity contribution in [2.45, 2.75) is 20.3 Å². The van der Waals surface area contributed by atoms with E-state index in [4.69, 9.17) is 5.73 Å². The van der Waals surface area contributed by atoms with Gasteiger partial charge in [0.15, 0.2) is 0 Å². The molecule has 100 valence electrons. The van der Waals surface area contributed by atoms with Gasteiger partial charge in [-0.15, -0.1) is 0 Å². The lowest BCUT2D eigenvalue weighted by atomic mass is 9.88. The number of aromatic nitrogens is 1. The Bertz CT molecular complexity index is 594. The molecule has 0 amide bonds. The Hall–Kier alpha value is -1.77. The second-order valence-corrected chi connectivity index (χ2v) is 5.76. The summed E-state index contributed by atoms with van der Waals surface area (Å²) in [5, 5.41) is 1.17. The van der Waals surface area contributed by atoms with E-state index in [0.29, 0.717) is 0 Å². The summed E-state index contributed by atoms with van der Waals surface area (Å²) in [6.07, 6.45) is 3.13. The van der Waals surface area contributed by atoms with Crippen LogP contribution < -0.4 is 10.6 Å². The Kier molecular flexibility index (Phi) is 3.05. The summed E-state index contributed by atoms with van der Waals surface area (Å²) in [5.74, 6) is 1.55. The number of hydrogen-bond acceptors (Lipinski definition) is 3. The molecular formula is C16H21N3. The molecule has 1 aliphatic heterocycles. The summed E-state index contributed by atoms with van der Waals surface area (Å²) in [4.78, 5) is 6.90. The van der Waals surface area contributed by atoms with Crippen molar-refractivity contribution in [3.05, 3.63) is 30.5 Å². The lowest BCUT2D eigenvalue weighted by Gasteiger charge is -2.37. The van der Waals surface area contributed by atoms with Crippen molar-refractivity contribution >= 4 is 22.3 Å². The maximum Gasteiger partial charge on any atom is 0.0951 e. The first-order chi connectivity index (χ1) is 9.16. The molecule has 1 fully saturated rings. The number of hydrogen-bond donors (Lipinski definition) is 1. The highest BCUT2D eigenvalue weighted by atomic mass is 15.1. The molecule has 0 radical (unpaired) electrons. The molecule has 2 N–H and O–H groups in total. The first kappa shape index (κ1) is 12.3. The fraction of sp³-hybridized carbons (Fsp3) is 0.438. The molecule has 1 aromatic carbocycles. The van der Waals surface area contributed by atoms with E-state index in [2.05, 4.69) is 35.9 Å². The average molecular weight is 255 g/mol. The van der Waals surface area contributed by atoms with E-state index in [9.17, 15) is 0 Å². The molecule has 1 aliphatic rings. The number of para-hydroxylation sites is 1. The molecule has 1 aromatic heterocycles. The van der Waals surface area contributed by atoms with Crippen molar-refractivity contribution < 1.29 is 0 Å². The quantitative estimate of drug-likeness (QED) is 0.795. The zero-order chi connectivity index (χ0) is 13.4. The first-order valence-corrected chi connectivity index (χ1v) is 7.05. The molecule has 0 saturated carbocycles. The maximum absolute atomic E-state index is 6.02. The highest BCUT2D eigenvalue weighted by molar-refractivity contribution is 5.98. The van der Waals surface area contributed by atoms with Gasteiger partial charge < -0.3 is 10.6 Å². The fourth-order valence-electron chi connectivity index (χ4n) is 2.94. The van der Waals surface area contributed by atoms with Crippen molar-refractivity contribution in [3.8, 4) is 0 Å². The van der Waals surface area contributed by atoms with Gasteiger partial charge in [0.25, 0.3) is 0 Å². The molecular weight excluding hydrogens is 234 g/mol. The van der Waals surface area contributed by atoms with Gasteiger partial charge >= 0.3 is 0 Å². The van der Waals surface area contributed by atoms with Crippen LogP contribution in [-0.4, -0.2) is 18.1 Å². The largest absolute Gasteiger partial charge is 0.397 e. The molecule has 0 bridgehead atoms. The maximum atomic E-state index is 6.02. The molecule has 2 aromatic rings. The van der Waals surface area contributed by atoms with E-state index in [1.807, 2.05) is 18.3 Å². The van der Waals surface area contributed by atoms with Crippen LogP contribution in [0, 0.1) is 11.8 Å². The number of nitrogens with two attached hydrogens (primary N) is 1. The third kappa shape index (κ3) is 2.14. The van der Waals surface area contributed by atoms with Crippen molar-refractivity contribution in [2.24, 2.45) is 11.8 Å². The molecule has 19 heavy (non-hydrogen) atoms. The number of nitrogens with zero attached hydrogens (tertiary/aromatic N) is 2. The van der Waals surface area contributed by atoms with Gasteiger partial charge in [-0.3, -0.25) is 4.98 Å². The average Bonchev–Trinajstić information content (AvgIpc) is 2.42. The third-order valence-corrected chi connectivity index (χ3v) is 4.45. The number of pyridine rings is 1. The molecule has 3 nitrogen and oxygen atoms in total. The molecule has 3 heteroatoms. The Labute approximate surface area is 114 Å². The second kappa shape index (κ2) is 4.72. The Morgan fingerprint density at radius 3 is 2.84 bits per heavy atom. The van der Waals surface area contributed by atoms with Crippen LogP contribution in [-0.2, 0) is 0 Å². The van der Waals surface area contributed by atoms with E-state index in [0.717, 1.165) is 36.1 Å². The lowest BCUT2D eigenvalue weighted by Crippen LogP contribution is -2.38. The van der Waals surface area contributed by atoms with Crippen LogP contribution in [0.3, 0.4) is 0 Å². The monoisotopic (exact) mass is 255 g/mol. The van der Waals surface area contributed by atoms with Gasteiger partial charge in [-0.05, 0) is 30.4 Å². The van der Waals surface area contributed by atoms with Crippen molar-refractivity contribution in [1.29, 1.82) is 0 Å². The molecule has 2 heterocycles. The van der Waals surface area contributed by atoms with E-state index in [-0.39, 0.29) is 0 Å². The van der Waals surface area contributed by atoms with Gasteiger partial charge in [-0.1, -0.05) is 26.0 Å². The minimum Gasteiger partial charge on any atom is -0.397 e. The van der Waals surface area contributed by atoms with E-state index < -0.39 is 0 Å². The number of benzene rings is 1. The Morgan fingerprint density at radius 2 is 2.05 bits per heavy atom. The molecule has 1 saturated heterocycles. The normalized spacial score (nSPS) is 23.8. The summed E-state index contributed by atoms with van der Waals surface area (Å²) in [6, 6.07) is 8.17. The topological polar surface area (TPSA) is 42.2 Å². The standard InChI is InChI=1S/C16H21N3/c1-11-7-9-19(10-12(11)2)15-6-8-18-16-13(15)4-3-5-14(16)17/h3-6,8,11-12H,7,9-10,17H2,1-2H3. The summed E-state index contributed by atoms with van der Waals surface area (Å²) in [5.41, 5.74) is 8.98. The Balaban J connectivity index is 2.04. The van der Waals surface area contributed by atoms with Crippen molar-refractivity contribution in [2.75, 3.05) is 23.7 Å². The van der Waals surface area contributed by atoms with Gasteiger partial charge in [0, 0.05) is 30.4 Å². The van der Waals surface area contributed by atoms with Crippen LogP contribution in [0.2, 0.25) is 0 Å². The third-order valence-electron chi connectivity index (χ3n) is 4.45. The highest BCUT2D eigenvalue weighted by Gasteiger charge is 2.23. The SMILES string of the molecule is CC1CCN(c2ccnc3c(N)cccc23)CC1C. The number of anilines is 2. The molecule has 0 spiro atoms. The summed E-state index contributed by atoms with van der Waals surface area (Å²) >= 11 is 0. The van der Waals surface area contributed by atoms with Crippen LogP contribution in [0.4, 0.5) is 11.4 Å². The van der Waals surface area contributed by atoms with Crippen molar-refractivity contribution in [1.82, 2.24) is 4.98 Å². The fourth-order valence-corrected chi connectivity index (χ4v) is 2.94. The molecule has 3 rings (SSSR count). The molecule has 2 unspecified atom stereocenters. The van der Waals surface area contributed by atoms with Crippen LogP contribution in [0.5, 0.6) is 0 Å². The zero-order valence-corrected chi connectivity index (χ0v) is 11.6. The van der Waals surface area contributed by atoms with Gasteiger partial charge in [0.2, 0.25) is 0 Å². The summed E-state index contributed by atoms with van der Waals surface area (Å²) in [7, 11) is 0. The van der Waals surface area contributed by atoms with Gasteiger partial charge in [-0.2, -0.15) is 0 Å². The van der Waals surface area contributed by atoms with E-state index >= 15 is 0 Å². The van der Waals surface area contributed by atoms with E-state index in [1.54, 1.807) is 0 Å². The van der Waals surface area contributed by atoms with Crippen LogP contribution in [0.1, 0.15) is 20.3 Å². The minimum atomic E-state index is 0.734. The first-order valence-electron chi connectivity index (χ1n) is 7.05. The molecule has 0 aliphatic carbocycles. The van der Waals surface area contributed by atoms with Gasteiger partial charge in [0.05, 0.1) is 11.2 Å². The number of piperidine rings is 1. The predicted molar refractivity (Wildman–Crippen MR) is 81.3 cm³/mol. The van der Waals surface area contributed by atoms with Crippen LogP contribution >= 0.6 is 0 Å². The molecule has 2 atom stereocenters. The highest BCUT2D eigenvalue weighted by Crippen LogP contribution is 2.32. The van der Waals surface area contributed by atoms with Gasteiger partial charge in [0.1, 0.15) is 0 Å². The predicted octanol–water partition coefficient (Wildman–Crippen LogP) is 3.30. The van der Waals surface area contributed by atoms with Gasteiger partial charge in [-0.25, -0.2) is 0 Å². The number of fused-ring (bicyclic) bond motifs is 1. The number of nitrogen functional groups attached to an aromatic ring is 1. The van der Waals surface area contributed by atoms with Crippen molar-refractivity contribution in [3.63, 3.8) is 0 Å². The van der Waals surface area contributed by atoms with Crippen LogP contribution in [0.15, 0.2) is 30.5 Å². The van der Waals surface area contributed by atoms with Crippen LogP contribution in [0.25, 0.3) is 10.9 Å². The summed E-state index contributed by atoms with van der Waals surface area (Å²) < 4.78 is 0. The Morgan fingerprint density at radius 1 is 1.21 bits per heavy atom. The second-order valence-electron chi connectivity index (χ2n) is 5.76. The zero-order valence-electron chi connectivity index (χ0n) is 11.6. The van der Waals surface area contributed by atoms with E-state index in [1.165, 1.54) is 17.5 Å². The smallest absolute Gasteiger partial charge is 0.0951 e.